The van der Waals surface area contributed by atoms with Crippen LogP contribution in [0.5, 0.6) is 0 Å². The number of hydrogen-bond acceptors (Lipinski definition) is 3. The van der Waals surface area contributed by atoms with Crippen LogP contribution < -0.4 is 10.9 Å². The van der Waals surface area contributed by atoms with Gasteiger partial charge in [0.05, 0.1) is 0 Å². The van der Waals surface area contributed by atoms with Gasteiger partial charge in [-0.05, 0) is 30.7 Å². The predicted octanol–water partition coefficient (Wildman–Crippen LogP) is 2.26. The highest BCUT2D eigenvalue weighted by molar-refractivity contribution is 5.96. The number of aliphatic carboxylic acids is 1. The van der Waals surface area contributed by atoms with Crippen LogP contribution in [-0.2, 0) is 11.2 Å². The molecule has 1 atom stereocenters. The number of amides is 1. The maximum absolute atomic E-state index is 12.3. The van der Waals surface area contributed by atoms with Crippen molar-refractivity contribution in [2.75, 3.05) is 0 Å². The van der Waals surface area contributed by atoms with E-state index in [-0.39, 0.29) is 12.0 Å². The van der Waals surface area contributed by atoms with Crippen molar-refractivity contribution in [3.63, 3.8) is 0 Å². The number of nitrogens with one attached hydrogen (secondary N) is 2. The molecule has 26 heavy (non-hydrogen) atoms. The molecule has 3 aromatic rings. The van der Waals surface area contributed by atoms with Gasteiger partial charge < -0.3 is 15.4 Å². The number of benzene rings is 2. The lowest BCUT2D eigenvalue weighted by atomic mass is 10.0. The Morgan fingerprint density at radius 1 is 1.12 bits per heavy atom. The van der Waals surface area contributed by atoms with Gasteiger partial charge in [0, 0.05) is 29.0 Å². The van der Waals surface area contributed by atoms with Crippen molar-refractivity contribution in [1.29, 1.82) is 0 Å². The van der Waals surface area contributed by atoms with E-state index in [9.17, 15) is 19.5 Å². The molecule has 3 rings (SSSR count). The van der Waals surface area contributed by atoms with Crippen LogP contribution in [0.2, 0.25) is 0 Å². The quantitative estimate of drug-likeness (QED) is 0.657. The first-order chi connectivity index (χ1) is 12.4. The largest absolute Gasteiger partial charge is 0.480 e. The van der Waals surface area contributed by atoms with Gasteiger partial charge in [-0.15, -0.1) is 0 Å². The van der Waals surface area contributed by atoms with E-state index in [1.165, 1.54) is 6.07 Å². The Bertz CT molecular complexity index is 1020. The fraction of sp³-hybridized carbons (Fsp3) is 0.150. The van der Waals surface area contributed by atoms with Gasteiger partial charge in [-0.3, -0.25) is 9.59 Å². The minimum absolute atomic E-state index is 0.0113. The van der Waals surface area contributed by atoms with E-state index in [0.29, 0.717) is 16.6 Å². The third-order valence-electron chi connectivity index (χ3n) is 4.18. The van der Waals surface area contributed by atoms with Gasteiger partial charge in [0.15, 0.2) is 0 Å². The normalized spacial score (nSPS) is 11.9. The zero-order valence-electron chi connectivity index (χ0n) is 14.2. The Morgan fingerprint density at radius 2 is 1.81 bits per heavy atom. The number of aromatic nitrogens is 1. The molecule has 1 aromatic heterocycles. The van der Waals surface area contributed by atoms with E-state index >= 15 is 0 Å². The maximum Gasteiger partial charge on any atom is 0.326 e. The Morgan fingerprint density at radius 3 is 2.50 bits per heavy atom. The summed E-state index contributed by atoms with van der Waals surface area (Å²) < 4.78 is 0. The number of carbonyl (C=O) groups excluding carboxylic acids is 1. The fourth-order valence-electron chi connectivity index (χ4n) is 2.81. The van der Waals surface area contributed by atoms with Crippen molar-refractivity contribution < 1.29 is 14.7 Å². The molecule has 6 heteroatoms. The van der Waals surface area contributed by atoms with E-state index < -0.39 is 17.9 Å². The van der Waals surface area contributed by atoms with Crippen molar-refractivity contribution in [3.8, 4) is 0 Å². The first kappa shape index (κ1) is 17.4. The van der Waals surface area contributed by atoms with E-state index in [1.807, 2.05) is 13.0 Å². The molecule has 0 saturated heterocycles. The lowest BCUT2D eigenvalue weighted by molar-refractivity contribution is -0.139. The van der Waals surface area contributed by atoms with Crippen molar-refractivity contribution >= 4 is 22.8 Å². The summed E-state index contributed by atoms with van der Waals surface area (Å²) in [6.07, 6.45) is 0.0113. The second-order valence-corrected chi connectivity index (χ2v) is 6.14. The summed E-state index contributed by atoms with van der Waals surface area (Å²) in [7, 11) is 0. The first-order valence-electron chi connectivity index (χ1n) is 8.15. The number of pyridine rings is 1. The molecule has 1 heterocycles. The van der Waals surface area contributed by atoms with Crippen LogP contribution in [-0.4, -0.2) is 28.0 Å². The van der Waals surface area contributed by atoms with Gasteiger partial charge in [-0.2, -0.15) is 0 Å². The summed E-state index contributed by atoms with van der Waals surface area (Å²) in [5, 5.41) is 12.8. The molecule has 1 amide bonds. The van der Waals surface area contributed by atoms with Crippen LogP contribution in [0.3, 0.4) is 0 Å². The molecule has 0 saturated carbocycles. The van der Waals surface area contributed by atoms with Crippen LogP contribution in [0.15, 0.2) is 59.4 Å². The van der Waals surface area contributed by atoms with Crippen LogP contribution in [0.25, 0.3) is 10.9 Å². The predicted molar refractivity (Wildman–Crippen MR) is 98.3 cm³/mol. The highest BCUT2D eigenvalue weighted by Crippen LogP contribution is 2.16. The SMILES string of the molecule is Cc1ccc(C(=O)NC(Cc2cc(=O)[nH]c3ccccc23)C(=O)O)cc1. The van der Waals surface area contributed by atoms with Gasteiger partial charge in [0.1, 0.15) is 6.04 Å². The van der Waals surface area contributed by atoms with E-state index in [4.69, 9.17) is 0 Å². The molecule has 0 aliphatic carbocycles. The van der Waals surface area contributed by atoms with Gasteiger partial charge in [-0.1, -0.05) is 35.9 Å². The van der Waals surface area contributed by atoms with Crippen molar-refractivity contribution in [2.45, 2.75) is 19.4 Å². The second kappa shape index (κ2) is 7.23. The summed E-state index contributed by atoms with van der Waals surface area (Å²) in [5.41, 5.74) is 2.28. The standard InChI is InChI=1S/C20H18N2O4/c1-12-6-8-13(9-7-12)19(24)22-17(20(25)26)10-14-11-18(23)21-16-5-3-2-4-15(14)16/h2-9,11,17H,10H2,1H3,(H,21,23)(H,22,24)(H,25,26). The van der Waals surface area contributed by atoms with E-state index in [2.05, 4.69) is 10.3 Å². The second-order valence-electron chi connectivity index (χ2n) is 6.14. The van der Waals surface area contributed by atoms with Gasteiger partial charge >= 0.3 is 5.97 Å². The Kier molecular flexibility index (Phi) is 4.84. The summed E-state index contributed by atoms with van der Waals surface area (Å²) >= 11 is 0. The van der Waals surface area contributed by atoms with E-state index in [0.717, 1.165) is 10.9 Å². The van der Waals surface area contributed by atoms with Crippen molar-refractivity contribution in [3.05, 3.63) is 81.6 Å². The number of carboxylic acids is 1. The molecule has 6 nitrogen and oxygen atoms in total. The van der Waals surface area contributed by atoms with Gasteiger partial charge in [-0.25, -0.2) is 4.79 Å². The minimum atomic E-state index is -1.16. The van der Waals surface area contributed by atoms with Gasteiger partial charge in [0.2, 0.25) is 5.56 Å². The number of carbonyl (C=O) groups is 2. The molecule has 3 N–H and O–H groups in total. The smallest absolute Gasteiger partial charge is 0.326 e. The zero-order valence-corrected chi connectivity index (χ0v) is 14.2. The number of H-pyrrole nitrogens is 1. The molecule has 132 valence electrons. The van der Waals surface area contributed by atoms with E-state index in [1.54, 1.807) is 42.5 Å². The third-order valence-corrected chi connectivity index (χ3v) is 4.18. The summed E-state index contributed by atoms with van der Waals surface area (Å²) in [5.74, 6) is -1.62. The summed E-state index contributed by atoms with van der Waals surface area (Å²) in [6, 6.07) is 14.2. The molecule has 0 bridgehead atoms. The molecule has 0 radical (unpaired) electrons. The van der Waals surface area contributed by atoms with Crippen LogP contribution in [0.4, 0.5) is 0 Å². The molecular formula is C20H18N2O4. The lowest BCUT2D eigenvalue weighted by Gasteiger charge is -2.16. The molecule has 0 aliphatic heterocycles. The summed E-state index contributed by atoms with van der Waals surface area (Å²) in [6.45, 7) is 1.90. The lowest BCUT2D eigenvalue weighted by Crippen LogP contribution is -2.42. The average molecular weight is 350 g/mol. The Labute approximate surface area is 149 Å². The van der Waals surface area contributed by atoms with Crippen LogP contribution in [0.1, 0.15) is 21.5 Å². The highest BCUT2D eigenvalue weighted by atomic mass is 16.4. The minimum Gasteiger partial charge on any atom is -0.480 e. The number of rotatable bonds is 5. The zero-order chi connectivity index (χ0) is 18.7. The van der Waals surface area contributed by atoms with Crippen LogP contribution in [0, 0.1) is 6.92 Å². The monoisotopic (exact) mass is 350 g/mol. The number of fused-ring (bicyclic) bond motifs is 1. The maximum atomic E-state index is 12.3. The Hall–Kier alpha value is -3.41. The highest BCUT2D eigenvalue weighted by Gasteiger charge is 2.22. The third kappa shape index (κ3) is 3.80. The molecule has 2 aromatic carbocycles. The molecule has 0 aliphatic rings. The first-order valence-corrected chi connectivity index (χ1v) is 8.15. The fourth-order valence-corrected chi connectivity index (χ4v) is 2.81. The number of para-hydroxylation sites is 1. The van der Waals surface area contributed by atoms with Crippen LogP contribution >= 0.6 is 0 Å². The number of aromatic amines is 1. The molecule has 0 fully saturated rings. The Balaban J connectivity index is 1.88. The van der Waals surface area contributed by atoms with Crippen molar-refractivity contribution in [2.24, 2.45) is 0 Å². The number of carboxylic acid groups (broad SMARTS) is 1. The molecule has 1 unspecified atom stereocenters. The molecule has 0 spiro atoms. The summed E-state index contributed by atoms with van der Waals surface area (Å²) in [4.78, 5) is 38.5. The van der Waals surface area contributed by atoms with Gasteiger partial charge in [0.25, 0.3) is 5.91 Å². The number of hydrogen-bond donors (Lipinski definition) is 3. The van der Waals surface area contributed by atoms with Crippen molar-refractivity contribution in [1.82, 2.24) is 10.3 Å². The average Bonchev–Trinajstić information content (AvgIpc) is 2.61. The topological polar surface area (TPSA) is 99.3 Å². The number of aryl methyl sites for hydroxylation is 1. The molecular weight excluding hydrogens is 332 g/mol.